The van der Waals surface area contributed by atoms with Gasteiger partial charge in [0.25, 0.3) is 0 Å². The van der Waals surface area contributed by atoms with Crippen LogP contribution in [0.2, 0.25) is 0 Å². The number of halogens is 1. The number of rotatable bonds is 2. The molecule has 2 aliphatic carbocycles. The van der Waals surface area contributed by atoms with E-state index in [-0.39, 0.29) is 11.9 Å². The second-order valence-corrected chi connectivity index (χ2v) is 4.93. The van der Waals surface area contributed by atoms with E-state index in [1.54, 1.807) is 0 Å². The molecule has 0 unspecified atom stereocenters. The van der Waals surface area contributed by atoms with Crippen LogP contribution in [0.3, 0.4) is 0 Å². The normalized spacial score (nSPS) is 32.2. The van der Waals surface area contributed by atoms with E-state index in [0.29, 0.717) is 25.7 Å². The third-order valence-corrected chi connectivity index (χ3v) is 3.85. The number of hydrogen-bond acceptors (Lipinski definition) is 2. The SMILES string of the molecule is N#CC1(C(=O)N[C@@H]2CCCC[C@H]2F)CCC1. The zero-order valence-electron chi connectivity index (χ0n) is 9.34. The van der Waals surface area contributed by atoms with Gasteiger partial charge in [-0.25, -0.2) is 4.39 Å². The van der Waals surface area contributed by atoms with Crippen LogP contribution >= 0.6 is 0 Å². The number of alkyl halides is 1. The summed E-state index contributed by atoms with van der Waals surface area (Å²) in [5.41, 5.74) is -0.850. The van der Waals surface area contributed by atoms with Crippen molar-refractivity contribution in [3.05, 3.63) is 0 Å². The van der Waals surface area contributed by atoms with E-state index in [0.717, 1.165) is 19.3 Å². The number of carbonyl (C=O) groups is 1. The minimum Gasteiger partial charge on any atom is -0.349 e. The van der Waals surface area contributed by atoms with Crippen molar-refractivity contribution in [2.45, 2.75) is 57.2 Å². The molecular weight excluding hydrogens is 207 g/mol. The summed E-state index contributed by atoms with van der Waals surface area (Å²) in [6.07, 6.45) is 4.33. The molecule has 0 aromatic rings. The molecule has 4 heteroatoms. The largest absolute Gasteiger partial charge is 0.349 e. The van der Waals surface area contributed by atoms with Gasteiger partial charge in [0.05, 0.1) is 12.1 Å². The Balaban J connectivity index is 1.94. The van der Waals surface area contributed by atoms with Crippen molar-refractivity contribution in [2.24, 2.45) is 5.41 Å². The van der Waals surface area contributed by atoms with Gasteiger partial charge < -0.3 is 5.32 Å². The molecule has 88 valence electrons. The summed E-state index contributed by atoms with van der Waals surface area (Å²) >= 11 is 0. The maximum Gasteiger partial charge on any atom is 0.240 e. The highest BCUT2D eigenvalue weighted by atomic mass is 19.1. The Morgan fingerprint density at radius 2 is 2.00 bits per heavy atom. The van der Waals surface area contributed by atoms with Crippen LogP contribution in [0.5, 0.6) is 0 Å². The molecule has 2 aliphatic rings. The standard InChI is InChI=1S/C12H17FN2O/c13-9-4-1-2-5-10(9)15-11(16)12(8-14)6-3-7-12/h9-10H,1-7H2,(H,15,16)/t9-,10-/m1/s1. The van der Waals surface area contributed by atoms with Gasteiger partial charge >= 0.3 is 0 Å². The van der Waals surface area contributed by atoms with E-state index in [9.17, 15) is 9.18 Å². The molecule has 2 saturated carbocycles. The lowest BCUT2D eigenvalue weighted by atomic mass is 9.69. The summed E-state index contributed by atoms with van der Waals surface area (Å²) < 4.78 is 13.5. The Hall–Kier alpha value is -1.11. The lowest BCUT2D eigenvalue weighted by Gasteiger charge is -2.36. The number of nitrogens with zero attached hydrogens (tertiary/aromatic N) is 1. The summed E-state index contributed by atoms with van der Waals surface area (Å²) in [5, 5.41) is 11.7. The van der Waals surface area contributed by atoms with Crippen molar-refractivity contribution >= 4 is 5.91 Å². The molecule has 2 rings (SSSR count). The Morgan fingerprint density at radius 1 is 1.31 bits per heavy atom. The van der Waals surface area contributed by atoms with Gasteiger partial charge in [-0.05, 0) is 32.1 Å². The van der Waals surface area contributed by atoms with Crippen LogP contribution in [0.1, 0.15) is 44.9 Å². The fraction of sp³-hybridized carbons (Fsp3) is 0.833. The second kappa shape index (κ2) is 4.40. The van der Waals surface area contributed by atoms with E-state index in [1.807, 2.05) is 0 Å². The van der Waals surface area contributed by atoms with Crippen molar-refractivity contribution < 1.29 is 9.18 Å². The van der Waals surface area contributed by atoms with Gasteiger partial charge in [0.2, 0.25) is 5.91 Å². The molecule has 1 N–H and O–H groups in total. The average Bonchev–Trinajstić information content (AvgIpc) is 2.21. The number of amides is 1. The first-order chi connectivity index (χ1) is 7.68. The van der Waals surface area contributed by atoms with Gasteiger partial charge in [-0.15, -0.1) is 0 Å². The molecule has 0 aliphatic heterocycles. The molecule has 0 saturated heterocycles. The van der Waals surface area contributed by atoms with E-state index in [4.69, 9.17) is 5.26 Å². The first-order valence-corrected chi connectivity index (χ1v) is 6.04. The Labute approximate surface area is 95.0 Å². The predicted molar refractivity (Wildman–Crippen MR) is 57.2 cm³/mol. The van der Waals surface area contributed by atoms with Crippen molar-refractivity contribution in [3.8, 4) is 6.07 Å². The monoisotopic (exact) mass is 224 g/mol. The van der Waals surface area contributed by atoms with Gasteiger partial charge in [-0.1, -0.05) is 12.8 Å². The quantitative estimate of drug-likeness (QED) is 0.780. The van der Waals surface area contributed by atoms with E-state index < -0.39 is 11.6 Å². The molecule has 0 aromatic heterocycles. The molecule has 0 spiro atoms. The minimum absolute atomic E-state index is 0.254. The summed E-state index contributed by atoms with van der Waals surface area (Å²) in [5.74, 6) is -0.254. The number of carbonyl (C=O) groups excluding carboxylic acids is 1. The van der Waals surface area contributed by atoms with Crippen molar-refractivity contribution in [1.29, 1.82) is 5.26 Å². The van der Waals surface area contributed by atoms with Gasteiger partial charge in [-0.3, -0.25) is 4.79 Å². The van der Waals surface area contributed by atoms with Gasteiger partial charge in [0.15, 0.2) is 0 Å². The molecule has 0 radical (unpaired) electrons. The minimum atomic E-state index is -0.937. The smallest absolute Gasteiger partial charge is 0.240 e. The van der Waals surface area contributed by atoms with Crippen LogP contribution < -0.4 is 5.32 Å². The molecule has 16 heavy (non-hydrogen) atoms. The Morgan fingerprint density at radius 3 is 2.50 bits per heavy atom. The predicted octanol–water partition coefficient (Wildman–Crippen LogP) is 2.08. The highest BCUT2D eigenvalue weighted by Gasteiger charge is 2.45. The first-order valence-electron chi connectivity index (χ1n) is 6.04. The highest BCUT2D eigenvalue weighted by molar-refractivity contribution is 5.86. The van der Waals surface area contributed by atoms with E-state index >= 15 is 0 Å². The Bertz CT molecular complexity index is 319. The number of hydrogen-bond donors (Lipinski definition) is 1. The third-order valence-electron chi connectivity index (χ3n) is 3.85. The molecule has 0 heterocycles. The molecule has 0 aromatic carbocycles. The van der Waals surface area contributed by atoms with Crippen LogP contribution in [0.4, 0.5) is 4.39 Å². The first kappa shape index (κ1) is 11.4. The van der Waals surface area contributed by atoms with Gasteiger partial charge in [0.1, 0.15) is 11.6 Å². The number of nitrogens with one attached hydrogen (secondary N) is 1. The summed E-state index contributed by atoms with van der Waals surface area (Å²) in [4.78, 5) is 11.9. The summed E-state index contributed by atoms with van der Waals surface area (Å²) in [6, 6.07) is 1.72. The van der Waals surface area contributed by atoms with Crippen molar-refractivity contribution in [1.82, 2.24) is 5.32 Å². The maximum absolute atomic E-state index is 13.5. The van der Waals surface area contributed by atoms with Crippen LogP contribution in [0.25, 0.3) is 0 Å². The van der Waals surface area contributed by atoms with Crippen molar-refractivity contribution in [2.75, 3.05) is 0 Å². The molecule has 2 atom stereocenters. The van der Waals surface area contributed by atoms with Crippen LogP contribution in [-0.4, -0.2) is 18.1 Å². The molecule has 3 nitrogen and oxygen atoms in total. The molecular formula is C12H17FN2O. The summed E-state index contributed by atoms with van der Waals surface area (Å²) in [6.45, 7) is 0. The van der Waals surface area contributed by atoms with E-state index in [2.05, 4.69) is 11.4 Å². The topological polar surface area (TPSA) is 52.9 Å². The number of nitriles is 1. The highest BCUT2D eigenvalue weighted by Crippen LogP contribution is 2.40. The second-order valence-electron chi connectivity index (χ2n) is 4.93. The lowest BCUT2D eigenvalue weighted by Crippen LogP contribution is -2.51. The Kier molecular flexibility index (Phi) is 3.13. The zero-order chi connectivity index (χ0) is 11.6. The molecule has 0 bridgehead atoms. The molecule has 1 amide bonds. The third kappa shape index (κ3) is 1.91. The lowest BCUT2D eigenvalue weighted by molar-refractivity contribution is -0.133. The van der Waals surface area contributed by atoms with Crippen LogP contribution in [0, 0.1) is 16.7 Å². The fourth-order valence-electron chi connectivity index (χ4n) is 2.47. The van der Waals surface area contributed by atoms with E-state index in [1.165, 1.54) is 0 Å². The van der Waals surface area contributed by atoms with Crippen LogP contribution in [0.15, 0.2) is 0 Å². The summed E-state index contributed by atoms with van der Waals surface area (Å²) in [7, 11) is 0. The fourth-order valence-corrected chi connectivity index (χ4v) is 2.47. The van der Waals surface area contributed by atoms with Crippen LogP contribution in [-0.2, 0) is 4.79 Å². The average molecular weight is 224 g/mol. The van der Waals surface area contributed by atoms with Gasteiger partial charge in [0, 0.05) is 0 Å². The maximum atomic E-state index is 13.5. The van der Waals surface area contributed by atoms with Gasteiger partial charge in [-0.2, -0.15) is 5.26 Å². The van der Waals surface area contributed by atoms with Crippen molar-refractivity contribution in [3.63, 3.8) is 0 Å². The molecule has 2 fully saturated rings. The zero-order valence-corrected chi connectivity index (χ0v) is 9.34.